The lowest BCUT2D eigenvalue weighted by Crippen LogP contribution is -2.55. The number of aromatic nitrogens is 1. The Morgan fingerprint density at radius 2 is 2.20 bits per heavy atom. The van der Waals surface area contributed by atoms with E-state index in [1.165, 1.54) is 0 Å². The molecular formula is C19H31N3O3. The first-order chi connectivity index (χ1) is 12.1. The molecule has 2 fully saturated rings. The molecule has 1 aromatic rings. The molecule has 0 saturated carbocycles. The lowest BCUT2D eigenvalue weighted by Gasteiger charge is -2.47. The summed E-state index contributed by atoms with van der Waals surface area (Å²) in [4.78, 5) is 16.8. The predicted octanol–water partition coefficient (Wildman–Crippen LogP) is 2.38. The van der Waals surface area contributed by atoms with Gasteiger partial charge >= 0.3 is 0 Å². The van der Waals surface area contributed by atoms with Crippen LogP contribution in [0.5, 0.6) is 0 Å². The molecule has 1 N–H and O–H groups in total. The van der Waals surface area contributed by atoms with E-state index in [0.717, 1.165) is 63.3 Å². The van der Waals surface area contributed by atoms with Gasteiger partial charge in [0.2, 0.25) is 5.91 Å². The lowest BCUT2D eigenvalue weighted by atomic mass is 9.83. The van der Waals surface area contributed by atoms with Crippen LogP contribution in [0.4, 0.5) is 0 Å². The van der Waals surface area contributed by atoms with Gasteiger partial charge in [-0.1, -0.05) is 19.0 Å². The number of aliphatic hydroxyl groups is 1. The Morgan fingerprint density at radius 3 is 2.92 bits per heavy atom. The van der Waals surface area contributed by atoms with E-state index in [4.69, 9.17) is 9.63 Å². The monoisotopic (exact) mass is 349 g/mol. The molecular weight excluding hydrogens is 318 g/mol. The maximum absolute atomic E-state index is 12.3. The number of hydrogen-bond acceptors (Lipinski definition) is 5. The normalized spacial score (nSPS) is 24.8. The highest BCUT2D eigenvalue weighted by Gasteiger charge is 2.39. The Labute approximate surface area is 150 Å². The van der Waals surface area contributed by atoms with E-state index in [2.05, 4.69) is 34.9 Å². The van der Waals surface area contributed by atoms with Crippen molar-refractivity contribution < 1.29 is 14.4 Å². The molecule has 1 aromatic heterocycles. The predicted molar refractivity (Wildman–Crippen MR) is 95.0 cm³/mol. The molecule has 2 aliphatic heterocycles. The van der Waals surface area contributed by atoms with Crippen LogP contribution in [-0.4, -0.2) is 58.3 Å². The van der Waals surface area contributed by atoms with Gasteiger partial charge in [-0.2, -0.15) is 0 Å². The molecule has 0 aromatic carbocycles. The molecule has 1 amide bonds. The Hall–Kier alpha value is -1.40. The molecule has 3 rings (SSSR count). The molecule has 0 spiro atoms. The molecule has 2 saturated heterocycles. The molecule has 2 atom stereocenters. The second kappa shape index (κ2) is 8.32. The van der Waals surface area contributed by atoms with Gasteiger partial charge < -0.3 is 14.5 Å². The Kier molecular flexibility index (Phi) is 6.12. The number of amides is 1. The van der Waals surface area contributed by atoms with Crippen molar-refractivity contribution in [3.05, 3.63) is 17.5 Å². The minimum atomic E-state index is 0.208. The zero-order valence-electron chi connectivity index (χ0n) is 15.5. The first-order valence-electron chi connectivity index (χ1n) is 9.66. The highest BCUT2D eigenvalue weighted by atomic mass is 16.5. The topological polar surface area (TPSA) is 69.8 Å². The first-order valence-corrected chi connectivity index (χ1v) is 9.66. The van der Waals surface area contributed by atoms with Crippen molar-refractivity contribution in [2.24, 2.45) is 5.92 Å². The fourth-order valence-electron chi connectivity index (χ4n) is 4.15. The second-order valence-electron chi connectivity index (χ2n) is 7.78. The largest absolute Gasteiger partial charge is 0.396 e. The Morgan fingerprint density at radius 1 is 1.36 bits per heavy atom. The van der Waals surface area contributed by atoms with Gasteiger partial charge in [-0.25, -0.2) is 0 Å². The smallest absolute Gasteiger partial charge is 0.222 e. The van der Waals surface area contributed by atoms with E-state index < -0.39 is 0 Å². The molecule has 6 nitrogen and oxygen atoms in total. The van der Waals surface area contributed by atoms with Gasteiger partial charge in [0.15, 0.2) is 5.76 Å². The van der Waals surface area contributed by atoms with Gasteiger partial charge in [0.25, 0.3) is 0 Å². The maximum atomic E-state index is 12.3. The molecule has 0 aliphatic carbocycles. The third kappa shape index (κ3) is 4.42. The number of rotatable bonds is 7. The van der Waals surface area contributed by atoms with Crippen LogP contribution in [0.25, 0.3) is 0 Å². The molecule has 140 valence electrons. The number of likely N-dealkylation sites (tertiary alicyclic amines) is 2. The van der Waals surface area contributed by atoms with E-state index in [0.29, 0.717) is 30.2 Å². The van der Waals surface area contributed by atoms with Crippen molar-refractivity contribution in [2.75, 3.05) is 26.2 Å². The van der Waals surface area contributed by atoms with Crippen LogP contribution < -0.4 is 0 Å². The number of carbonyl (C=O) groups is 1. The van der Waals surface area contributed by atoms with E-state index in [1.807, 2.05) is 0 Å². The third-order valence-electron chi connectivity index (χ3n) is 5.58. The van der Waals surface area contributed by atoms with Crippen molar-refractivity contribution in [3.63, 3.8) is 0 Å². The summed E-state index contributed by atoms with van der Waals surface area (Å²) in [6, 6.07) is 2.44. The quantitative estimate of drug-likeness (QED) is 0.766. The van der Waals surface area contributed by atoms with Gasteiger partial charge in [-0.3, -0.25) is 9.69 Å². The fraction of sp³-hybridized carbons (Fsp3) is 0.789. The SMILES string of the molecule is CC(C)c1cc(CN2CC[C@@H]3[C@@H](CCC(=O)N3CCCCO)C2)on1. The van der Waals surface area contributed by atoms with Gasteiger partial charge in [-0.05, 0) is 37.5 Å². The highest BCUT2D eigenvalue weighted by molar-refractivity contribution is 5.77. The third-order valence-corrected chi connectivity index (χ3v) is 5.58. The molecule has 2 aliphatic rings. The number of hydrogen-bond donors (Lipinski definition) is 1. The second-order valence-corrected chi connectivity index (χ2v) is 7.78. The number of aliphatic hydroxyl groups excluding tert-OH is 1. The van der Waals surface area contributed by atoms with Crippen molar-refractivity contribution >= 4 is 5.91 Å². The summed E-state index contributed by atoms with van der Waals surface area (Å²) in [5.41, 5.74) is 1.02. The van der Waals surface area contributed by atoms with Crippen LogP contribution in [0.15, 0.2) is 10.6 Å². The molecule has 0 bridgehead atoms. The van der Waals surface area contributed by atoms with Crippen LogP contribution in [0.1, 0.15) is 63.3 Å². The van der Waals surface area contributed by atoms with E-state index >= 15 is 0 Å². The standard InChI is InChI=1S/C19H31N3O3/c1-14(2)17-11-16(25-20-17)13-21-9-7-18-15(12-21)5-6-19(24)22(18)8-3-4-10-23/h11,14-15,18,23H,3-10,12-13H2,1-2H3/t15-,18+/m0/s1. The van der Waals surface area contributed by atoms with Crippen LogP contribution in [0, 0.1) is 5.92 Å². The van der Waals surface area contributed by atoms with E-state index in [9.17, 15) is 4.79 Å². The number of nitrogens with zero attached hydrogens (tertiary/aromatic N) is 3. The minimum Gasteiger partial charge on any atom is -0.396 e. The number of unbranched alkanes of at least 4 members (excludes halogenated alkanes) is 1. The molecule has 0 radical (unpaired) electrons. The minimum absolute atomic E-state index is 0.208. The van der Waals surface area contributed by atoms with Crippen LogP contribution >= 0.6 is 0 Å². The summed E-state index contributed by atoms with van der Waals surface area (Å²) in [6.07, 6.45) is 4.35. The number of fused-ring (bicyclic) bond motifs is 1. The average Bonchev–Trinajstić information content (AvgIpc) is 3.06. The van der Waals surface area contributed by atoms with Gasteiger partial charge in [-0.15, -0.1) is 0 Å². The summed E-state index contributed by atoms with van der Waals surface area (Å²) in [6.45, 7) is 8.06. The summed E-state index contributed by atoms with van der Waals surface area (Å²) < 4.78 is 5.49. The van der Waals surface area contributed by atoms with Crippen LogP contribution in [-0.2, 0) is 11.3 Å². The lowest BCUT2D eigenvalue weighted by molar-refractivity contribution is -0.141. The number of piperidine rings is 2. The summed E-state index contributed by atoms with van der Waals surface area (Å²) >= 11 is 0. The Balaban J connectivity index is 1.56. The highest BCUT2D eigenvalue weighted by Crippen LogP contribution is 2.32. The Bertz CT molecular complexity index is 572. The van der Waals surface area contributed by atoms with E-state index in [1.54, 1.807) is 0 Å². The molecule has 6 heteroatoms. The van der Waals surface area contributed by atoms with Crippen molar-refractivity contribution in [1.29, 1.82) is 0 Å². The van der Waals surface area contributed by atoms with Gasteiger partial charge in [0.05, 0.1) is 12.2 Å². The van der Waals surface area contributed by atoms with Crippen molar-refractivity contribution in [2.45, 2.75) is 64.5 Å². The van der Waals surface area contributed by atoms with Gasteiger partial charge in [0, 0.05) is 44.8 Å². The maximum Gasteiger partial charge on any atom is 0.222 e. The van der Waals surface area contributed by atoms with Crippen molar-refractivity contribution in [1.82, 2.24) is 15.0 Å². The van der Waals surface area contributed by atoms with Gasteiger partial charge in [0.1, 0.15) is 0 Å². The summed E-state index contributed by atoms with van der Waals surface area (Å²) in [5.74, 6) is 2.17. The van der Waals surface area contributed by atoms with Crippen molar-refractivity contribution in [3.8, 4) is 0 Å². The average molecular weight is 349 g/mol. The zero-order chi connectivity index (χ0) is 17.8. The fourth-order valence-corrected chi connectivity index (χ4v) is 4.15. The summed E-state index contributed by atoms with van der Waals surface area (Å²) in [5, 5.41) is 13.1. The van der Waals surface area contributed by atoms with Crippen LogP contribution in [0.3, 0.4) is 0 Å². The van der Waals surface area contributed by atoms with E-state index in [-0.39, 0.29) is 6.61 Å². The molecule has 0 unspecified atom stereocenters. The summed E-state index contributed by atoms with van der Waals surface area (Å²) in [7, 11) is 0. The van der Waals surface area contributed by atoms with Crippen LogP contribution in [0.2, 0.25) is 0 Å². The molecule has 25 heavy (non-hydrogen) atoms. The first kappa shape index (κ1) is 18.4. The zero-order valence-corrected chi connectivity index (χ0v) is 15.5. The number of carbonyl (C=O) groups excluding carboxylic acids is 1. The molecule has 3 heterocycles.